The lowest BCUT2D eigenvalue weighted by atomic mass is 9.87. The molecule has 3 saturated carbocycles. The van der Waals surface area contributed by atoms with Crippen LogP contribution in [0, 0.1) is 0 Å². The summed E-state index contributed by atoms with van der Waals surface area (Å²) in [5, 5.41) is 9.22. The zero-order chi connectivity index (χ0) is 13.9. The Morgan fingerprint density at radius 3 is 2.25 bits per heavy atom. The smallest absolute Gasteiger partial charge is 0.153 e. The van der Waals surface area contributed by atoms with Crippen molar-refractivity contribution in [2.24, 2.45) is 0 Å². The molecule has 1 aromatic rings. The van der Waals surface area contributed by atoms with Crippen molar-refractivity contribution in [1.82, 2.24) is 19.7 Å². The molecule has 20 heavy (non-hydrogen) atoms. The van der Waals surface area contributed by atoms with E-state index >= 15 is 0 Å². The van der Waals surface area contributed by atoms with Gasteiger partial charge >= 0.3 is 0 Å². The number of nitrogens with zero attached hydrogens (tertiary/aromatic N) is 4. The minimum absolute atomic E-state index is 0.00613. The molecule has 3 fully saturated rings. The van der Waals surface area contributed by atoms with Gasteiger partial charge in [-0.15, -0.1) is 10.2 Å². The molecule has 1 aromatic heterocycles. The van der Waals surface area contributed by atoms with Gasteiger partial charge in [-0.3, -0.25) is 4.90 Å². The maximum atomic E-state index is 4.64. The summed E-state index contributed by atoms with van der Waals surface area (Å²) < 4.78 is 2.51. The molecule has 0 unspecified atom stereocenters. The fourth-order valence-corrected chi connectivity index (χ4v) is 3.42. The molecule has 4 nitrogen and oxygen atoms in total. The minimum Gasteiger partial charge on any atom is -0.310 e. The van der Waals surface area contributed by atoms with Crippen LogP contribution in [0.5, 0.6) is 0 Å². The highest BCUT2D eigenvalue weighted by Crippen LogP contribution is 2.47. The summed E-state index contributed by atoms with van der Waals surface area (Å²) >= 11 is 0. The number of rotatable bonds is 5. The normalized spacial score (nSPS) is 24.2. The molecule has 3 aliphatic rings. The van der Waals surface area contributed by atoms with Gasteiger partial charge in [-0.1, -0.05) is 6.42 Å². The topological polar surface area (TPSA) is 34.0 Å². The average Bonchev–Trinajstić information content (AvgIpc) is 3.25. The van der Waals surface area contributed by atoms with E-state index in [0.29, 0.717) is 12.0 Å². The molecule has 0 saturated heterocycles. The van der Waals surface area contributed by atoms with Crippen LogP contribution >= 0.6 is 0 Å². The second kappa shape index (κ2) is 4.30. The molecule has 110 valence electrons. The van der Waals surface area contributed by atoms with Crippen molar-refractivity contribution in [2.75, 3.05) is 7.05 Å². The first kappa shape index (κ1) is 12.8. The largest absolute Gasteiger partial charge is 0.310 e. The summed E-state index contributed by atoms with van der Waals surface area (Å²) in [6, 6.07) is 1.42. The van der Waals surface area contributed by atoms with E-state index in [4.69, 9.17) is 0 Å². The van der Waals surface area contributed by atoms with Gasteiger partial charge in [0, 0.05) is 18.0 Å². The molecule has 4 heteroatoms. The van der Waals surface area contributed by atoms with Crippen LogP contribution in [0.3, 0.4) is 0 Å². The fourth-order valence-electron chi connectivity index (χ4n) is 3.42. The Labute approximate surface area is 121 Å². The Morgan fingerprint density at radius 2 is 1.75 bits per heavy atom. The van der Waals surface area contributed by atoms with Crippen molar-refractivity contribution in [2.45, 2.75) is 82.3 Å². The van der Waals surface area contributed by atoms with Crippen LogP contribution in [0.15, 0.2) is 0 Å². The fraction of sp³-hybridized carbons (Fsp3) is 0.875. The maximum absolute atomic E-state index is 4.64. The highest BCUT2D eigenvalue weighted by molar-refractivity contribution is 5.17. The summed E-state index contributed by atoms with van der Waals surface area (Å²) in [5.74, 6) is 3.18. The van der Waals surface area contributed by atoms with Gasteiger partial charge in [0.05, 0.1) is 5.54 Å². The van der Waals surface area contributed by atoms with Crippen LogP contribution in [0.2, 0.25) is 0 Å². The molecule has 0 spiro atoms. The first-order valence-corrected chi connectivity index (χ1v) is 8.27. The van der Waals surface area contributed by atoms with Crippen molar-refractivity contribution in [3.05, 3.63) is 11.6 Å². The van der Waals surface area contributed by atoms with Gasteiger partial charge in [-0.05, 0) is 59.4 Å². The lowest BCUT2D eigenvalue weighted by molar-refractivity contribution is 0.0461. The molecule has 0 aromatic carbocycles. The van der Waals surface area contributed by atoms with Crippen molar-refractivity contribution in [3.63, 3.8) is 0 Å². The third-order valence-corrected chi connectivity index (χ3v) is 5.63. The van der Waals surface area contributed by atoms with E-state index in [9.17, 15) is 0 Å². The second-order valence-electron chi connectivity index (χ2n) is 7.51. The zero-order valence-electron chi connectivity index (χ0n) is 13.0. The molecular formula is C16H26N4. The molecule has 3 aliphatic carbocycles. The monoisotopic (exact) mass is 274 g/mol. The molecule has 0 bridgehead atoms. The number of aromatic nitrogens is 3. The summed E-state index contributed by atoms with van der Waals surface area (Å²) in [4.78, 5) is 2.54. The summed E-state index contributed by atoms with van der Waals surface area (Å²) in [6.45, 7) is 4.65. The third-order valence-electron chi connectivity index (χ3n) is 5.63. The SMILES string of the molecule is CN(C1CCC1)C(C)(C)c1nnc(C2CC2)n1C1CC1. The van der Waals surface area contributed by atoms with Crippen LogP contribution in [-0.2, 0) is 5.54 Å². The van der Waals surface area contributed by atoms with Crippen LogP contribution in [0.1, 0.15) is 82.4 Å². The first-order valence-electron chi connectivity index (χ1n) is 8.27. The predicted octanol–water partition coefficient (Wildman–Crippen LogP) is 3.21. The van der Waals surface area contributed by atoms with Crippen LogP contribution in [0.25, 0.3) is 0 Å². The zero-order valence-corrected chi connectivity index (χ0v) is 13.0. The van der Waals surface area contributed by atoms with Gasteiger partial charge in [-0.25, -0.2) is 0 Å². The summed E-state index contributed by atoms with van der Waals surface area (Å²) in [5.41, 5.74) is -0.00613. The minimum atomic E-state index is -0.00613. The van der Waals surface area contributed by atoms with Crippen LogP contribution < -0.4 is 0 Å². The van der Waals surface area contributed by atoms with Gasteiger partial charge in [0.15, 0.2) is 5.82 Å². The highest BCUT2D eigenvalue weighted by Gasteiger charge is 2.43. The molecule has 0 N–H and O–H groups in total. The number of hydrogen-bond donors (Lipinski definition) is 0. The molecule has 0 amide bonds. The highest BCUT2D eigenvalue weighted by atomic mass is 15.4. The average molecular weight is 274 g/mol. The van der Waals surface area contributed by atoms with Gasteiger partial charge < -0.3 is 4.57 Å². The Bertz CT molecular complexity index is 507. The predicted molar refractivity (Wildman–Crippen MR) is 78.7 cm³/mol. The summed E-state index contributed by atoms with van der Waals surface area (Å²) in [6.07, 6.45) is 9.31. The van der Waals surface area contributed by atoms with Crippen molar-refractivity contribution >= 4 is 0 Å². The maximum Gasteiger partial charge on any atom is 0.153 e. The summed E-state index contributed by atoms with van der Waals surface area (Å²) in [7, 11) is 2.27. The van der Waals surface area contributed by atoms with E-state index in [1.807, 2.05) is 0 Å². The van der Waals surface area contributed by atoms with Crippen molar-refractivity contribution in [3.8, 4) is 0 Å². The van der Waals surface area contributed by atoms with Crippen molar-refractivity contribution < 1.29 is 0 Å². The van der Waals surface area contributed by atoms with E-state index in [1.165, 1.54) is 56.6 Å². The second-order valence-corrected chi connectivity index (χ2v) is 7.51. The molecular weight excluding hydrogens is 248 g/mol. The van der Waals surface area contributed by atoms with Gasteiger partial charge in [0.2, 0.25) is 0 Å². The van der Waals surface area contributed by atoms with E-state index < -0.39 is 0 Å². The third kappa shape index (κ3) is 1.92. The van der Waals surface area contributed by atoms with E-state index in [2.05, 4.69) is 40.6 Å². The van der Waals surface area contributed by atoms with E-state index in [-0.39, 0.29) is 5.54 Å². The van der Waals surface area contributed by atoms with Crippen molar-refractivity contribution in [1.29, 1.82) is 0 Å². The van der Waals surface area contributed by atoms with E-state index in [1.54, 1.807) is 0 Å². The quantitative estimate of drug-likeness (QED) is 0.827. The molecule has 0 aliphatic heterocycles. The number of hydrogen-bond acceptors (Lipinski definition) is 3. The van der Waals surface area contributed by atoms with E-state index in [0.717, 1.165) is 6.04 Å². The van der Waals surface area contributed by atoms with Gasteiger partial charge in [-0.2, -0.15) is 0 Å². The molecule has 0 radical (unpaired) electrons. The van der Waals surface area contributed by atoms with Crippen LogP contribution in [0.4, 0.5) is 0 Å². The Balaban J connectivity index is 1.69. The Hall–Kier alpha value is -0.900. The molecule has 1 heterocycles. The van der Waals surface area contributed by atoms with Gasteiger partial charge in [0.25, 0.3) is 0 Å². The lowest BCUT2D eigenvalue weighted by Gasteiger charge is -2.44. The van der Waals surface area contributed by atoms with Crippen LogP contribution in [-0.4, -0.2) is 32.8 Å². The standard InChI is InChI=1S/C16H26N4/c1-16(2,19(3)12-5-4-6-12)15-18-17-14(11-7-8-11)20(15)13-9-10-13/h11-13H,4-10H2,1-3H3. The Morgan fingerprint density at radius 1 is 1.05 bits per heavy atom. The molecule has 0 atom stereocenters. The first-order chi connectivity index (χ1) is 9.59. The van der Waals surface area contributed by atoms with Gasteiger partial charge in [0.1, 0.15) is 5.82 Å². The lowest BCUT2D eigenvalue weighted by Crippen LogP contribution is -2.49. The Kier molecular flexibility index (Phi) is 2.75. The molecule has 4 rings (SSSR count).